The molecule has 0 saturated carbocycles. The van der Waals surface area contributed by atoms with Crippen LogP contribution in [0.1, 0.15) is 26.0 Å². The van der Waals surface area contributed by atoms with Crippen LogP contribution in [0, 0.1) is 0 Å². The summed E-state index contributed by atoms with van der Waals surface area (Å²) in [5.41, 5.74) is -2.19. The Morgan fingerprint density at radius 2 is 0.957 bits per heavy atom. The van der Waals surface area contributed by atoms with E-state index in [0.29, 0.717) is 10.9 Å². The van der Waals surface area contributed by atoms with Crippen molar-refractivity contribution in [3.63, 3.8) is 0 Å². The summed E-state index contributed by atoms with van der Waals surface area (Å²) in [7, 11) is 0. The normalized spacial score (nSPS) is 17.7. The van der Waals surface area contributed by atoms with Crippen molar-refractivity contribution in [3.8, 4) is 33.4 Å². The molecule has 0 unspecified atom stereocenters. The van der Waals surface area contributed by atoms with Crippen LogP contribution in [0.15, 0.2) is 169 Å². The van der Waals surface area contributed by atoms with Crippen LogP contribution in [0.2, 0.25) is 0 Å². The smallest absolute Gasteiger partial charge is 0.0622 e. The van der Waals surface area contributed by atoms with Crippen molar-refractivity contribution in [1.82, 2.24) is 0 Å². The Labute approximate surface area is 293 Å². The summed E-state index contributed by atoms with van der Waals surface area (Å²) < 4.78 is 172. The maximum absolute atomic E-state index is 9.77. The van der Waals surface area contributed by atoms with E-state index in [1.807, 2.05) is 42.5 Å². The topological polar surface area (TPSA) is 0 Å². The predicted octanol–water partition coefficient (Wildman–Crippen LogP) is 13.0. The average Bonchev–Trinajstić information content (AvgIpc) is 3.30. The molecule has 10 rings (SSSR count). The van der Waals surface area contributed by atoms with Crippen LogP contribution >= 0.6 is 0 Å². The van der Waals surface area contributed by atoms with Gasteiger partial charge in [-0.3, -0.25) is 0 Å². The molecule has 10 aromatic rings. The molecule has 10 aromatic carbocycles. The molecule has 0 nitrogen and oxygen atoms in total. The highest BCUT2D eigenvalue weighted by molar-refractivity contribution is 6.32. The summed E-state index contributed by atoms with van der Waals surface area (Å²) in [6, 6.07) is 2.15. The van der Waals surface area contributed by atoms with Crippen LogP contribution in [0.4, 0.5) is 0 Å². The van der Waals surface area contributed by atoms with Gasteiger partial charge in [-0.15, -0.1) is 0 Å². The fraction of sp³-hybridized carbons (Fsp3) is 0. The lowest BCUT2D eigenvalue weighted by Crippen LogP contribution is -1.94. The van der Waals surface area contributed by atoms with Crippen LogP contribution < -0.4 is 0 Å². The number of hydrogen-bond acceptors (Lipinski definition) is 0. The van der Waals surface area contributed by atoms with Crippen molar-refractivity contribution in [2.24, 2.45) is 0 Å². The SMILES string of the molecule is [2H]c1c([2H])c([2H])c(-c2c([2H])c([2H])c([2H])c(-c3c4c([2H])c([2H])c([2H])c([2H])c4c(-c4ccc5ccc6cccc7ccc4c5c67)c4c3c([2H])c([2H])c3c([2H])c([2H])c([2H])c([2H])c34)c2[2H])c([2H])c1[2H]. The van der Waals surface area contributed by atoms with Crippen molar-refractivity contribution >= 4 is 64.6 Å². The molecule has 0 atom stereocenters. The minimum Gasteiger partial charge on any atom is -0.0622 e. The van der Waals surface area contributed by atoms with E-state index in [0.717, 1.165) is 26.9 Å². The minimum atomic E-state index is -0.906. The second-order valence-corrected chi connectivity index (χ2v) is 11.0. The molecule has 0 N–H and O–H groups in total. The summed E-state index contributed by atoms with van der Waals surface area (Å²) in [4.78, 5) is 0. The van der Waals surface area contributed by atoms with Gasteiger partial charge in [0, 0.05) is 0 Å². The third kappa shape index (κ3) is 3.62. The fourth-order valence-corrected chi connectivity index (χ4v) is 6.72. The minimum absolute atomic E-state index is 0.0145. The second-order valence-electron chi connectivity index (χ2n) is 11.0. The molecule has 46 heavy (non-hydrogen) atoms. The zero-order valence-corrected chi connectivity index (χ0v) is 23.7. The van der Waals surface area contributed by atoms with E-state index in [4.69, 9.17) is 16.4 Å². The fourth-order valence-electron chi connectivity index (χ4n) is 6.72. The van der Waals surface area contributed by atoms with Crippen LogP contribution in [0.5, 0.6) is 0 Å². The summed E-state index contributed by atoms with van der Waals surface area (Å²) in [6.07, 6.45) is 0. The summed E-state index contributed by atoms with van der Waals surface area (Å²) in [6.45, 7) is 0. The zero-order valence-electron chi connectivity index (χ0n) is 42.7. The van der Waals surface area contributed by atoms with Gasteiger partial charge in [0.25, 0.3) is 0 Å². The van der Waals surface area contributed by atoms with Gasteiger partial charge in [-0.2, -0.15) is 0 Å². The Morgan fingerprint density at radius 1 is 0.326 bits per heavy atom. The van der Waals surface area contributed by atoms with Crippen molar-refractivity contribution in [3.05, 3.63) is 169 Å². The number of rotatable bonds is 3. The van der Waals surface area contributed by atoms with Gasteiger partial charge >= 0.3 is 0 Å². The van der Waals surface area contributed by atoms with Gasteiger partial charge in [-0.1, -0.05) is 163 Å². The molecule has 0 fully saturated rings. The van der Waals surface area contributed by atoms with Gasteiger partial charge in [0.05, 0.1) is 26.0 Å². The molecule has 0 spiro atoms. The van der Waals surface area contributed by atoms with Crippen LogP contribution in [-0.4, -0.2) is 0 Å². The quantitative estimate of drug-likeness (QED) is 0.140. The molecule has 0 saturated heterocycles. The first-order chi connectivity index (χ1) is 30.7. The molecule has 212 valence electrons. The molecule has 0 heteroatoms. The third-order valence-electron chi connectivity index (χ3n) is 8.61. The van der Waals surface area contributed by atoms with Gasteiger partial charge in [0.2, 0.25) is 0 Å². The third-order valence-corrected chi connectivity index (χ3v) is 8.61. The molecule has 0 aliphatic rings. The highest BCUT2D eigenvalue weighted by Crippen LogP contribution is 2.49. The van der Waals surface area contributed by atoms with Gasteiger partial charge in [0.1, 0.15) is 0 Å². The average molecular weight is 600 g/mol. The predicted molar refractivity (Wildman–Crippen MR) is 199 cm³/mol. The standard InChI is InChI=1S/C46H28/c1-2-10-29(11-3-1)34-15-9-16-35(28-34)43-37-18-6-7-19-38(37)46(45-36-17-5-4-12-30(36)22-27-41(43)45)40-26-24-33-21-20-31-13-8-14-32-23-25-39(40)44(33)42(31)32/h1-28H/i1D,2D,3D,4D,5D,6D,7D,9D,10D,11D,12D,15D,16D,17D,18D,19D,22D,27D,28D. The highest BCUT2D eigenvalue weighted by atomic mass is 14.2. The lowest BCUT2D eigenvalue weighted by Gasteiger charge is -2.21. The Morgan fingerprint density at radius 3 is 1.78 bits per heavy atom. The summed E-state index contributed by atoms with van der Waals surface area (Å²) in [5.74, 6) is 0. The second kappa shape index (κ2) is 9.76. The molecule has 0 radical (unpaired) electrons. The van der Waals surface area contributed by atoms with Crippen molar-refractivity contribution in [2.45, 2.75) is 0 Å². The van der Waals surface area contributed by atoms with Gasteiger partial charge in [-0.05, 0) is 104 Å². The highest BCUT2D eigenvalue weighted by Gasteiger charge is 2.21. The van der Waals surface area contributed by atoms with Crippen molar-refractivity contribution in [1.29, 1.82) is 0 Å². The molecule has 0 amide bonds. The van der Waals surface area contributed by atoms with Crippen LogP contribution in [0.25, 0.3) is 98.0 Å². The van der Waals surface area contributed by atoms with E-state index in [2.05, 4.69) is 0 Å². The number of benzene rings is 10. The first kappa shape index (κ1) is 13.2. The zero-order chi connectivity index (χ0) is 46.7. The van der Waals surface area contributed by atoms with E-state index in [1.165, 1.54) is 0 Å². The molecular weight excluding hydrogens is 553 g/mol. The largest absolute Gasteiger partial charge is 0.0636 e. The van der Waals surface area contributed by atoms with E-state index in [9.17, 15) is 9.60 Å². The number of fused-ring (bicyclic) bond motifs is 4. The van der Waals surface area contributed by atoms with E-state index >= 15 is 0 Å². The molecule has 0 aromatic heterocycles. The Kier molecular flexibility index (Phi) is 2.79. The van der Waals surface area contributed by atoms with Crippen LogP contribution in [-0.2, 0) is 0 Å². The van der Waals surface area contributed by atoms with E-state index in [-0.39, 0.29) is 21.7 Å². The molecular formula is C46H28. The Bertz CT molecular complexity index is 3830. The monoisotopic (exact) mass is 599 g/mol. The Hall–Kier alpha value is -5.98. The van der Waals surface area contributed by atoms with Crippen molar-refractivity contribution < 1.29 is 26.0 Å². The maximum Gasteiger partial charge on any atom is 0.0636 e. The van der Waals surface area contributed by atoms with Crippen molar-refractivity contribution in [2.75, 3.05) is 0 Å². The first-order valence-corrected chi connectivity index (χ1v) is 14.5. The number of hydrogen-bond donors (Lipinski definition) is 0. The molecule has 0 bridgehead atoms. The molecule has 0 aliphatic carbocycles. The van der Waals surface area contributed by atoms with Gasteiger partial charge < -0.3 is 0 Å². The van der Waals surface area contributed by atoms with Gasteiger partial charge in [0.15, 0.2) is 0 Å². The maximum atomic E-state index is 9.77. The lowest BCUT2D eigenvalue weighted by molar-refractivity contribution is 1.61. The first-order valence-electron chi connectivity index (χ1n) is 24.0. The van der Waals surface area contributed by atoms with E-state index < -0.39 is 153 Å². The Balaban J connectivity index is 1.57. The lowest BCUT2D eigenvalue weighted by atomic mass is 9.81. The van der Waals surface area contributed by atoms with E-state index in [1.54, 1.807) is 12.1 Å². The molecule has 0 heterocycles. The molecule has 0 aliphatic heterocycles. The van der Waals surface area contributed by atoms with Crippen LogP contribution in [0.3, 0.4) is 0 Å². The summed E-state index contributed by atoms with van der Waals surface area (Å²) >= 11 is 0. The van der Waals surface area contributed by atoms with Gasteiger partial charge in [-0.25, -0.2) is 0 Å². The summed E-state index contributed by atoms with van der Waals surface area (Å²) in [5, 5.41) is 2.82.